The Kier molecular flexibility index (Phi) is 3.96. The molecule has 0 aliphatic heterocycles. The minimum Gasteiger partial charge on any atom is -0.360 e. The Morgan fingerprint density at radius 2 is 1.81 bits per heavy atom. The molecule has 0 radical (unpaired) electrons. The van der Waals surface area contributed by atoms with Crippen LogP contribution >= 0.6 is 0 Å². The predicted octanol–water partition coefficient (Wildman–Crippen LogP) is 1.51. The number of nitrogens with one attached hydrogen (secondary N) is 1. The van der Waals surface area contributed by atoms with E-state index in [4.69, 9.17) is 0 Å². The van der Waals surface area contributed by atoms with Crippen LogP contribution in [-0.4, -0.2) is 23.6 Å². The van der Waals surface area contributed by atoms with Crippen molar-refractivity contribution in [2.75, 3.05) is 7.05 Å². The van der Waals surface area contributed by atoms with E-state index in [0.717, 1.165) is 10.9 Å². The third-order valence-electron chi connectivity index (χ3n) is 2.15. The summed E-state index contributed by atoms with van der Waals surface area (Å²) in [6.45, 7) is 1.28. The van der Waals surface area contributed by atoms with Gasteiger partial charge in [0.2, 0.25) is 5.78 Å². The monoisotopic (exact) mass is 218 g/mol. The average molecular weight is 218 g/mol. The molecule has 0 saturated heterocycles. The number of rotatable bonds is 2. The van der Waals surface area contributed by atoms with E-state index in [-0.39, 0.29) is 0 Å². The summed E-state index contributed by atoms with van der Waals surface area (Å²) >= 11 is 0. The Hall–Kier alpha value is -1.94. The van der Waals surface area contributed by atoms with Crippen LogP contribution in [0.15, 0.2) is 30.5 Å². The van der Waals surface area contributed by atoms with Gasteiger partial charge < -0.3 is 10.7 Å². The summed E-state index contributed by atoms with van der Waals surface area (Å²) < 4.78 is 0. The van der Waals surface area contributed by atoms with E-state index in [0.29, 0.717) is 5.56 Å². The number of hydrogen-bond acceptors (Lipinski definition) is 3. The van der Waals surface area contributed by atoms with E-state index in [1.165, 1.54) is 14.0 Å². The highest BCUT2D eigenvalue weighted by Gasteiger charge is 2.15. The number of Topliss-reactive ketones (excluding diaryl/α,β-unsaturated/α-hetero) is 2. The number of para-hydroxylation sites is 1. The van der Waals surface area contributed by atoms with Crippen LogP contribution in [0.2, 0.25) is 0 Å². The molecule has 0 amide bonds. The number of fused-ring (bicyclic) bond motifs is 1. The molecule has 0 unspecified atom stereocenters. The minimum atomic E-state index is -0.442. The van der Waals surface area contributed by atoms with E-state index >= 15 is 0 Å². The van der Waals surface area contributed by atoms with Crippen molar-refractivity contribution in [2.45, 2.75) is 6.92 Å². The fourth-order valence-electron chi connectivity index (χ4n) is 1.45. The molecule has 84 valence electrons. The maximum Gasteiger partial charge on any atom is 0.230 e. The Morgan fingerprint density at radius 1 is 1.19 bits per heavy atom. The summed E-state index contributed by atoms with van der Waals surface area (Å²) in [7, 11) is 1.50. The van der Waals surface area contributed by atoms with Gasteiger partial charge in [-0.05, 0) is 13.1 Å². The molecule has 16 heavy (non-hydrogen) atoms. The van der Waals surface area contributed by atoms with Gasteiger partial charge in [0.05, 0.1) is 5.56 Å². The molecule has 2 rings (SSSR count). The highest BCUT2D eigenvalue weighted by Crippen LogP contribution is 2.18. The van der Waals surface area contributed by atoms with Crippen LogP contribution < -0.4 is 5.73 Å². The van der Waals surface area contributed by atoms with Crippen LogP contribution in [0.4, 0.5) is 0 Å². The van der Waals surface area contributed by atoms with E-state index in [1.807, 2.05) is 24.3 Å². The summed E-state index contributed by atoms with van der Waals surface area (Å²) in [6, 6.07) is 7.40. The number of nitrogens with two attached hydrogens (primary N) is 1. The molecule has 4 nitrogen and oxygen atoms in total. The van der Waals surface area contributed by atoms with E-state index < -0.39 is 11.6 Å². The van der Waals surface area contributed by atoms with Crippen molar-refractivity contribution in [2.24, 2.45) is 5.73 Å². The van der Waals surface area contributed by atoms with Crippen molar-refractivity contribution in [3.8, 4) is 0 Å². The fourth-order valence-corrected chi connectivity index (χ4v) is 1.45. The topological polar surface area (TPSA) is 76.0 Å². The van der Waals surface area contributed by atoms with E-state index in [1.54, 1.807) is 6.20 Å². The molecule has 0 saturated carbocycles. The minimum absolute atomic E-state index is 0.435. The lowest BCUT2D eigenvalue weighted by Gasteiger charge is -1.93. The van der Waals surface area contributed by atoms with Gasteiger partial charge in [-0.25, -0.2) is 0 Å². The largest absolute Gasteiger partial charge is 0.360 e. The second-order valence-corrected chi connectivity index (χ2v) is 3.13. The Labute approximate surface area is 93.5 Å². The molecule has 0 aliphatic rings. The Balaban J connectivity index is 0.000000606. The number of aromatic nitrogens is 1. The highest BCUT2D eigenvalue weighted by molar-refractivity contribution is 6.45. The van der Waals surface area contributed by atoms with Crippen LogP contribution in [0.5, 0.6) is 0 Å². The molecular weight excluding hydrogens is 204 g/mol. The number of aromatic amines is 1. The van der Waals surface area contributed by atoms with Gasteiger partial charge in [-0.15, -0.1) is 0 Å². The van der Waals surface area contributed by atoms with Gasteiger partial charge >= 0.3 is 0 Å². The summed E-state index contributed by atoms with van der Waals surface area (Å²) in [5, 5.41) is 0.799. The van der Waals surface area contributed by atoms with Crippen molar-refractivity contribution in [1.29, 1.82) is 0 Å². The summed E-state index contributed by atoms with van der Waals surface area (Å²) in [4.78, 5) is 25.3. The van der Waals surface area contributed by atoms with Crippen LogP contribution in [0.1, 0.15) is 17.3 Å². The van der Waals surface area contributed by atoms with Gasteiger partial charge in [-0.2, -0.15) is 0 Å². The molecule has 1 heterocycles. The van der Waals surface area contributed by atoms with Crippen LogP contribution in [-0.2, 0) is 4.79 Å². The molecule has 1 aromatic heterocycles. The van der Waals surface area contributed by atoms with Gasteiger partial charge in [0, 0.05) is 24.0 Å². The van der Waals surface area contributed by atoms with Crippen LogP contribution in [0, 0.1) is 0 Å². The first kappa shape index (κ1) is 12.1. The molecule has 2 aromatic rings. The smallest absolute Gasteiger partial charge is 0.230 e. The summed E-state index contributed by atoms with van der Waals surface area (Å²) in [5.74, 6) is -0.878. The van der Waals surface area contributed by atoms with Crippen molar-refractivity contribution in [1.82, 2.24) is 4.98 Å². The van der Waals surface area contributed by atoms with Crippen molar-refractivity contribution in [3.63, 3.8) is 0 Å². The lowest BCUT2D eigenvalue weighted by atomic mass is 10.1. The standard InChI is InChI=1S/C11H9NO2.CH5N/c1-7(13)11(14)9-6-12-10-5-3-2-4-8(9)10;1-2/h2-6,12H,1H3;2H2,1H3. The first-order valence-corrected chi connectivity index (χ1v) is 4.89. The second kappa shape index (κ2) is 5.23. The molecule has 0 spiro atoms. The molecular formula is C12H14N2O2. The van der Waals surface area contributed by atoms with Crippen LogP contribution in [0.25, 0.3) is 10.9 Å². The zero-order valence-corrected chi connectivity index (χ0v) is 9.28. The third kappa shape index (κ3) is 2.17. The fraction of sp³-hybridized carbons (Fsp3) is 0.167. The highest BCUT2D eigenvalue weighted by atomic mass is 16.2. The zero-order valence-electron chi connectivity index (χ0n) is 9.28. The number of H-pyrrole nitrogens is 1. The molecule has 0 bridgehead atoms. The predicted molar refractivity (Wildman–Crippen MR) is 63.4 cm³/mol. The maximum atomic E-state index is 11.5. The lowest BCUT2D eigenvalue weighted by molar-refractivity contribution is -0.113. The lowest BCUT2D eigenvalue weighted by Crippen LogP contribution is -2.08. The molecule has 0 aliphatic carbocycles. The number of carbonyl (C=O) groups excluding carboxylic acids is 2. The van der Waals surface area contributed by atoms with Gasteiger partial charge in [0.15, 0.2) is 5.78 Å². The molecule has 4 heteroatoms. The van der Waals surface area contributed by atoms with Gasteiger partial charge in [0.25, 0.3) is 0 Å². The molecule has 1 aromatic carbocycles. The maximum absolute atomic E-state index is 11.5. The quantitative estimate of drug-likeness (QED) is 0.592. The van der Waals surface area contributed by atoms with E-state index in [2.05, 4.69) is 10.7 Å². The first-order valence-electron chi connectivity index (χ1n) is 4.89. The Bertz CT molecular complexity index is 514. The van der Waals surface area contributed by atoms with Gasteiger partial charge in [-0.1, -0.05) is 18.2 Å². The van der Waals surface area contributed by atoms with E-state index in [9.17, 15) is 9.59 Å². The number of ketones is 2. The van der Waals surface area contributed by atoms with Gasteiger partial charge in [-0.3, -0.25) is 9.59 Å². The normalized spacial score (nSPS) is 9.44. The Morgan fingerprint density at radius 3 is 2.44 bits per heavy atom. The number of carbonyl (C=O) groups is 2. The molecule has 0 atom stereocenters. The molecule has 0 fully saturated rings. The average Bonchev–Trinajstić information content (AvgIpc) is 2.74. The second-order valence-electron chi connectivity index (χ2n) is 3.13. The SMILES string of the molecule is CC(=O)C(=O)c1c[nH]c2ccccc12.CN. The summed E-state index contributed by atoms with van der Waals surface area (Å²) in [6.07, 6.45) is 1.58. The summed E-state index contributed by atoms with van der Waals surface area (Å²) in [5.41, 5.74) is 5.82. The first-order chi connectivity index (χ1) is 7.70. The number of hydrogen-bond donors (Lipinski definition) is 2. The molecule has 3 N–H and O–H groups in total. The van der Waals surface area contributed by atoms with Crippen LogP contribution in [0.3, 0.4) is 0 Å². The van der Waals surface area contributed by atoms with Crippen molar-refractivity contribution in [3.05, 3.63) is 36.0 Å². The van der Waals surface area contributed by atoms with Gasteiger partial charge in [0.1, 0.15) is 0 Å². The zero-order chi connectivity index (χ0) is 12.1. The number of benzene rings is 1. The van der Waals surface area contributed by atoms with Crippen molar-refractivity contribution < 1.29 is 9.59 Å². The third-order valence-corrected chi connectivity index (χ3v) is 2.15. The van der Waals surface area contributed by atoms with Crippen molar-refractivity contribution >= 4 is 22.5 Å².